The molecule has 0 aliphatic heterocycles. The van der Waals surface area contributed by atoms with Gasteiger partial charge in [-0.3, -0.25) is 9.78 Å². The maximum atomic E-state index is 12.2. The van der Waals surface area contributed by atoms with Gasteiger partial charge in [-0.25, -0.2) is 0 Å². The Morgan fingerprint density at radius 2 is 2.10 bits per heavy atom. The maximum Gasteiger partial charge on any atom is 0.257 e. The second kappa shape index (κ2) is 6.16. The molecule has 2 aromatic rings. The molecule has 1 aromatic heterocycles. The van der Waals surface area contributed by atoms with Gasteiger partial charge in [0, 0.05) is 26.3 Å². The first kappa shape index (κ1) is 14.0. The Balaban J connectivity index is 2.13. The zero-order valence-corrected chi connectivity index (χ0v) is 11.3. The summed E-state index contributed by atoms with van der Waals surface area (Å²) in [5.74, 6) is -0.358. The van der Waals surface area contributed by atoms with E-state index in [1.54, 1.807) is 11.9 Å². The Morgan fingerprint density at radius 1 is 1.35 bits per heavy atom. The van der Waals surface area contributed by atoms with E-state index in [-0.39, 0.29) is 17.2 Å². The smallest absolute Gasteiger partial charge is 0.257 e. The van der Waals surface area contributed by atoms with Crippen LogP contribution in [0.5, 0.6) is 5.75 Å². The number of rotatable bonds is 4. The molecule has 0 radical (unpaired) electrons. The maximum absolute atomic E-state index is 12.2. The minimum absolute atomic E-state index is 0.111. The number of nitrogens with zero attached hydrogens (tertiary/aromatic N) is 2. The monoisotopic (exact) mass is 271 g/mol. The van der Waals surface area contributed by atoms with Crippen molar-refractivity contribution >= 4 is 5.91 Å². The van der Waals surface area contributed by atoms with Crippen LogP contribution in [0.4, 0.5) is 0 Å². The van der Waals surface area contributed by atoms with E-state index in [4.69, 9.17) is 5.73 Å². The fourth-order valence-corrected chi connectivity index (χ4v) is 1.97. The summed E-state index contributed by atoms with van der Waals surface area (Å²) in [6.07, 6.45) is 2.74. The molecular weight excluding hydrogens is 254 g/mol. The second-order valence-corrected chi connectivity index (χ2v) is 4.58. The third-order valence-corrected chi connectivity index (χ3v) is 3.02. The van der Waals surface area contributed by atoms with Gasteiger partial charge < -0.3 is 15.7 Å². The van der Waals surface area contributed by atoms with Gasteiger partial charge in [0.25, 0.3) is 5.91 Å². The molecule has 0 spiro atoms. The number of nitrogens with two attached hydrogens (primary N) is 1. The lowest BCUT2D eigenvalue weighted by Crippen LogP contribution is -2.26. The van der Waals surface area contributed by atoms with Gasteiger partial charge in [-0.1, -0.05) is 24.3 Å². The Hall–Kier alpha value is -2.40. The largest absolute Gasteiger partial charge is 0.505 e. The van der Waals surface area contributed by atoms with Crippen LogP contribution in [0.25, 0.3) is 0 Å². The molecule has 3 N–H and O–H groups in total. The van der Waals surface area contributed by atoms with Crippen molar-refractivity contribution in [3.05, 3.63) is 59.4 Å². The molecule has 0 saturated carbocycles. The lowest BCUT2D eigenvalue weighted by atomic mass is 10.1. The molecule has 5 nitrogen and oxygen atoms in total. The molecule has 5 heteroatoms. The summed E-state index contributed by atoms with van der Waals surface area (Å²) in [5, 5.41) is 9.65. The van der Waals surface area contributed by atoms with E-state index in [0.29, 0.717) is 13.1 Å². The van der Waals surface area contributed by atoms with Gasteiger partial charge in [-0.05, 0) is 17.2 Å². The van der Waals surface area contributed by atoms with Crippen LogP contribution in [0.2, 0.25) is 0 Å². The minimum atomic E-state index is -0.247. The van der Waals surface area contributed by atoms with E-state index >= 15 is 0 Å². The number of hydrogen-bond donors (Lipinski definition) is 2. The fourth-order valence-electron chi connectivity index (χ4n) is 1.97. The van der Waals surface area contributed by atoms with E-state index in [9.17, 15) is 9.90 Å². The number of pyridine rings is 1. The number of carbonyl (C=O) groups excluding carboxylic acids is 1. The first-order chi connectivity index (χ1) is 9.61. The highest BCUT2D eigenvalue weighted by molar-refractivity contribution is 5.96. The van der Waals surface area contributed by atoms with Crippen molar-refractivity contribution in [2.75, 3.05) is 7.05 Å². The number of carbonyl (C=O) groups is 1. The summed E-state index contributed by atoms with van der Waals surface area (Å²) < 4.78 is 0. The summed E-state index contributed by atoms with van der Waals surface area (Å²) in [4.78, 5) is 17.5. The first-order valence-corrected chi connectivity index (χ1v) is 6.28. The first-order valence-electron chi connectivity index (χ1n) is 6.28. The van der Waals surface area contributed by atoms with Crippen molar-refractivity contribution in [1.82, 2.24) is 9.88 Å². The van der Waals surface area contributed by atoms with E-state index in [1.807, 2.05) is 24.3 Å². The Kier molecular flexibility index (Phi) is 4.32. The van der Waals surface area contributed by atoms with Crippen LogP contribution in [-0.4, -0.2) is 27.9 Å². The molecule has 2 rings (SSSR count). The van der Waals surface area contributed by atoms with Crippen LogP contribution < -0.4 is 5.73 Å². The van der Waals surface area contributed by atoms with Crippen molar-refractivity contribution in [2.45, 2.75) is 13.1 Å². The standard InChI is InChI=1S/C15H17N3O2/c1-18(10-12-4-2-3-11(7-12)8-16)15(20)13-5-6-17-9-14(13)19/h2-7,9,19H,8,10,16H2,1H3. The predicted molar refractivity (Wildman–Crippen MR) is 76.0 cm³/mol. The highest BCUT2D eigenvalue weighted by atomic mass is 16.3. The Morgan fingerprint density at radius 3 is 2.80 bits per heavy atom. The van der Waals surface area contributed by atoms with Crippen molar-refractivity contribution < 1.29 is 9.90 Å². The average Bonchev–Trinajstić information content (AvgIpc) is 2.47. The molecule has 104 valence electrons. The molecule has 1 aromatic carbocycles. The highest BCUT2D eigenvalue weighted by Gasteiger charge is 2.15. The van der Waals surface area contributed by atoms with E-state index in [2.05, 4.69) is 4.98 Å². The highest BCUT2D eigenvalue weighted by Crippen LogP contribution is 2.17. The van der Waals surface area contributed by atoms with Crippen LogP contribution in [0, 0.1) is 0 Å². The van der Waals surface area contributed by atoms with Crippen molar-refractivity contribution in [1.29, 1.82) is 0 Å². The topological polar surface area (TPSA) is 79.5 Å². The predicted octanol–water partition coefficient (Wildman–Crippen LogP) is 1.52. The zero-order valence-electron chi connectivity index (χ0n) is 11.3. The van der Waals surface area contributed by atoms with Gasteiger partial charge >= 0.3 is 0 Å². The van der Waals surface area contributed by atoms with Gasteiger partial charge in [0.15, 0.2) is 0 Å². The zero-order chi connectivity index (χ0) is 14.5. The molecule has 0 atom stereocenters. The van der Waals surface area contributed by atoms with Crippen LogP contribution in [0.1, 0.15) is 21.5 Å². The van der Waals surface area contributed by atoms with Crippen LogP contribution >= 0.6 is 0 Å². The summed E-state index contributed by atoms with van der Waals surface area (Å²) in [6.45, 7) is 0.922. The van der Waals surface area contributed by atoms with Crippen LogP contribution in [0.15, 0.2) is 42.7 Å². The van der Waals surface area contributed by atoms with Crippen molar-refractivity contribution in [2.24, 2.45) is 5.73 Å². The summed E-state index contributed by atoms with van der Waals surface area (Å²) in [6, 6.07) is 9.27. The molecule has 1 amide bonds. The molecule has 0 unspecified atom stereocenters. The average molecular weight is 271 g/mol. The molecule has 1 heterocycles. The van der Waals surface area contributed by atoms with Gasteiger partial charge in [-0.15, -0.1) is 0 Å². The van der Waals surface area contributed by atoms with Gasteiger partial charge in [0.1, 0.15) is 5.75 Å². The summed E-state index contributed by atoms with van der Waals surface area (Å²) >= 11 is 0. The quantitative estimate of drug-likeness (QED) is 0.883. The normalized spacial score (nSPS) is 10.3. The number of aromatic hydroxyl groups is 1. The Labute approximate surface area is 117 Å². The van der Waals surface area contributed by atoms with Gasteiger partial charge in [-0.2, -0.15) is 0 Å². The molecule has 0 saturated heterocycles. The third-order valence-electron chi connectivity index (χ3n) is 3.02. The van der Waals surface area contributed by atoms with E-state index < -0.39 is 0 Å². The number of aromatic nitrogens is 1. The van der Waals surface area contributed by atoms with Gasteiger partial charge in [0.05, 0.1) is 11.8 Å². The second-order valence-electron chi connectivity index (χ2n) is 4.58. The SMILES string of the molecule is CN(Cc1cccc(CN)c1)C(=O)c1ccncc1O. The number of amides is 1. The number of hydrogen-bond acceptors (Lipinski definition) is 4. The molecule has 0 fully saturated rings. The van der Waals surface area contributed by atoms with E-state index in [1.165, 1.54) is 18.5 Å². The third kappa shape index (κ3) is 3.13. The molecule has 0 aliphatic carbocycles. The number of benzene rings is 1. The summed E-state index contributed by atoms with van der Waals surface area (Å²) in [5.41, 5.74) is 7.87. The lowest BCUT2D eigenvalue weighted by molar-refractivity contribution is 0.0782. The summed E-state index contributed by atoms with van der Waals surface area (Å²) in [7, 11) is 1.69. The van der Waals surface area contributed by atoms with Gasteiger partial charge in [0.2, 0.25) is 0 Å². The van der Waals surface area contributed by atoms with Crippen LogP contribution in [-0.2, 0) is 13.1 Å². The van der Waals surface area contributed by atoms with E-state index in [0.717, 1.165) is 11.1 Å². The Bertz CT molecular complexity index is 614. The lowest BCUT2D eigenvalue weighted by Gasteiger charge is -2.18. The molecular formula is C15H17N3O2. The molecule has 20 heavy (non-hydrogen) atoms. The van der Waals surface area contributed by atoms with Crippen molar-refractivity contribution in [3.8, 4) is 5.75 Å². The molecule has 0 aliphatic rings. The fraction of sp³-hybridized carbons (Fsp3) is 0.200. The molecule has 0 bridgehead atoms. The minimum Gasteiger partial charge on any atom is -0.505 e. The van der Waals surface area contributed by atoms with Crippen LogP contribution in [0.3, 0.4) is 0 Å². The van der Waals surface area contributed by atoms with Crippen molar-refractivity contribution in [3.63, 3.8) is 0 Å².